The maximum Gasteiger partial charge on any atom is 0.309 e. The molecule has 8 nitrogen and oxygen atoms in total. The lowest BCUT2D eigenvalue weighted by Gasteiger charge is -2.39. The van der Waals surface area contributed by atoms with Crippen LogP contribution in [0.25, 0.3) is 0 Å². The third kappa shape index (κ3) is 5.93. The Morgan fingerprint density at radius 1 is 1.25 bits per heavy atom. The lowest BCUT2D eigenvalue weighted by atomic mass is 9.88. The first-order valence-corrected chi connectivity index (χ1v) is 10.6. The summed E-state index contributed by atoms with van der Waals surface area (Å²) in [7, 11) is 0. The second kappa shape index (κ2) is 9.01. The minimum Gasteiger partial charge on any atom is -0.460 e. The second-order valence-electron chi connectivity index (χ2n) is 9.41. The fourth-order valence-electron chi connectivity index (χ4n) is 3.95. The van der Waals surface area contributed by atoms with Gasteiger partial charge < -0.3 is 20.1 Å². The van der Waals surface area contributed by atoms with Crippen LogP contribution in [0.2, 0.25) is 0 Å². The van der Waals surface area contributed by atoms with Crippen LogP contribution in [0.1, 0.15) is 52.9 Å². The number of rotatable bonds is 5. The van der Waals surface area contributed by atoms with Crippen LogP contribution in [-0.4, -0.2) is 53.2 Å². The minimum absolute atomic E-state index is 0.0942. The fraction of sp³-hybridized carbons (Fsp3) is 0.591. The zero-order valence-corrected chi connectivity index (χ0v) is 18.5. The molecule has 2 heterocycles. The van der Waals surface area contributed by atoms with Crippen LogP contribution in [-0.2, 0) is 19.1 Å². The Bertz CT molecular complexity index is 884. The molecule has 2 aliphatic rings. The van der Waals surface area contributed by atoms with Crippen molar-refractivity contribution >= 4 is 29.2 Å². The number of halogens is 2. The molecule has 0 aliphatic carbocycles. The zero-order chi connectivity index (χ0) is 23.7. The Morgan fingerprint density at radius 2 is 1.84 bits per heavy atom. The summed E-state index contributed by atoms with van der Waals surface area (Å²) in [4.78, 5) is 36.7. The highest BCUT2D eigenvalue weighted by Gasteiger charge is 2.37. The van der Waals surface area contributed by atoms with Gasteiger partial charge in [0.2, 0.25) is 11.8 Å². The Morgan fingerprint density at radius 3 is 2.38 bits per heavy atom. The van der Waals surface area contributed by atoms with Crippen molar-refractivity contribution in [3.63, 3.8) is 0 Å². The number of carbonyl (C=O) groups is 3. The van der Waals surface area contributed by atoms with Crippen molar-refractivity contribution in [3.05, 3.63) is 23.8 Å². The Kier molecular flexibility index (Phi) is 6.73. The monoisotopic (exact) mass is 453 g/mol. The standard InChI is InChI=1S/C22H29F2N3O5/c1-21(2,3)32-18(29)12-22(31)6-8-27(9-7-22)19-14(23)10-13(11-15(19)24)25-16-4-5-17(28)26-20(16)30/h10-11,16,25,31H,4-9,12H2,1-3H3,(H,26,28,30). The molecular formula is C22H29F2N3O5. The molecular weight excluding hydrogens is 424 g/mol. The van der Waals surface area contributed by atoms with Gasteiger partial charge in [0.1, 0.15) is 17.3 Å². The van der Waals surface area contributed by atoms with E-state index in [0.29, 0.717) is 0 Å². The van der Waals surface area contributed by atoms with Gasteiger partial charge in [0.05, 0.1) is 12.0 Å². The van der Waals surface area contributed by atoms with E-state index in [0.717, 1.165) is 12.1 Å². The molecule has 0 bridgehead atoms. The molecule has 2 fully saturated rings. The average Bonchev–Trinajstić information content (AvgIpc) is 2.63. The number of anilines is 2. The molecule has 10 heteroatoms. The maximum absolute atomic E-state index is 14.8. The highest BCUT2D eigenvalue weighted by molar-refractivity contribution is 6.01. The van der Waals surface area contributed by atoms with Crippen LogP contribution in [0, 0.1) is 11.6 Å². The van der Waals surface area contributed by atoms with Crippen LogP contribution in [0.15, 0.2) is 12.1 Å². The first-order valence-electron chi connectivity index (χ1n) is 10.6. The van der Waals surface area contributed by atoms with Crippen molar-refractivity contribution in [3.8, 4) is 0 Å². The number of benzene rings is 1. The summed E-state index contributed by atoms with van der Waals surface area (Å²) in [5.41, 5.74) is -2.09. The maximum atomic E-state index is 14.8. The molecule has 3 rings (SSSR count). The molecule has 3 N–H and O–H groups in total. The molecule has 32 heavy (non-hydrogen) atoms. The molecule has 0 spiro atoms. The molecule has 0 radical (unpaired) electrons. The normalized spacial score (nSPS) is 21.2. The molecule has 2 aliphatic heterocycles. The van der Waals surface area contributed by atoms with Crippen LogP contribution in [0.5, 0.6) is 0 Å². The average molecular weight is 453 g/mol. The Labute approximate surface area is 185 Å². The molecule has 2 amide bonds. The van der Waals surface area contributed by atoms with Gasteiger partial charge in [-0.15, -0.1) is 0 Å². The predicted molar refractivity (Wildman–Crippen MR) is 113 cm³/mol. The molecule has 1 atom stereocenters. The highest BCUT2D eigenvalue weighted by atomic mass is 19.1. The van der Waals surface area contributed by atoms with Crippen molar-refractivity contribution in [1.82, 2.24) is 5.32 Å². The van der Waals surface area contributed by atoms with E-state index in [4.69, 9.17) is 4.74 Å². The van der Waals surface area contributed by atoms with Gasteiger partial charge in [-0.2, -0.15) is 0 Å². The van der Waals surface area contributed by atoms with E-state index < -0.39 is 40.8 Å². The lowest BCUT2D eigenvalue weighted by molar-refractivity contribution is -0.161. The van der Waals surface area contributed by atoms with E-state index in [1.54, 1.807) is 20.8 Å². The Hall–Kier alpha value is -2.75. The van der Waals surface area contributed by atoms with Crippen molar-refractivity contribution in [2.24, 2.45) is 0 Å². The number of hydrogen-bond donors (Lipinski definition) is 3. The summed E-state index contributed by atoms with van der Waals surface area (Å²) in [5.74, 6) is -3.05. The fourth-order valence-corrected chi connectivity index (χ4v) is 3.95. The van der Waals surface area contributed by atoms with Gasteiger partial charge in [0.25, 0.3) is 0 Å². The van der Waals surface area contributed by atoms with Gasteiger partial charge in [0, 0.05) is 25.2 Å². The lowest BCUT2D eigenvalue weighted by Crippen LogP contribution is -2.47. The van der Waals surface area contributed by atoms with Crippen LogP contribution >= 0.6 is 0 Å². The molecule has 1 aromatic carbocycles. The molecule has 0 saturated carbocycles. The number of aliphatic hydroxyl groups is 1. The highest BCUT2D eigenvalue weighted by Crippen LogP contribution is 2.34. The van der Waals surface area contributed by atoms with Gasteiger partial charge in [0.15, 0.2) is 11.6 Å². The number of amides is 2. The summed E-state index contributed by atoms with van der Waals surface area (Å²) >= 11 is 0. The van der Waals surface area contributed by atoms with Crippen molar-refractivity contribution in [1.29, 1.82) is 0 Å². The number of nitrogens with one attached hydrogen (secondary N) is 2. The molecule has 176 valence electrons. The first-order chi connectivity index (χ1) is 14.8. The van der Waals surface area contributed by atoms with Gasteiger partial charge in [-0.1, -0.05) is 0 Å². The quantitative estimate of drug-likeness (QED) is 0.464. The largest absolute Gasteiger partial charge is 0.460 e. The van der Waals surface area contributed by atoms with E-state index in [1.165, 1.54) is 4.90 Å². The second-order valence-corrected chi connectivity index (χ2v) is 9.41. The SMILES string of the molecule is CC(C)(C)OC(=O)CC1(O)CCN(c2c(F)cc(NC3CCC(=O)NC3=O)cc2F)CC1. The van der Waals surface area contributed by atoms with E-state index in [9.17, 15) is 28.3 Å². The van der Waals surface area contributed by atoms with Crippen molar-refractivity contribution in [2.75, 3.05) is 23.3 Å². The summed E-state index contributed by atoms with van der Waals surface area (Å²) < 4.78 is 34.8. The third-order valence-corrected chi connectivity index (χ3v) is 5.50. The number of ether oxygens (including phenoxy) is 1. The number of piperidine rings is 2. The number of nitrogens with zero attached hydrogens (tertiary/aromatic N) is 1. The molecule has 1 unspecified atom stereocenters. The van der Waals surface area contributed by atoms with Crippen molar-refractivity contribution < 1.29 is 33.0 Å². The van der Waals surface area contributed by atoms with Crippen LogP contribution in [0.3, 0.4) is 0 Å². The van der Waals surface area contributed by atoms with Gasteiger partial charge in [-0.3, -0.25) is 19.7 Å². The minimum atomic E-state index is -1.29. The van der Waals surface area contributed by atoms with E-state index >= 15 is 0 Å². The topological polar surface area (TPSA) is 108 Å². The molecule has 0 aromatic heterocycles. The first kappa shape index (κ1) is 23.9. The summed E-state index contributed by atoms with van der Waals surface area (Å²) in [6, 6.07) is 1.45. The smallest absolute Gasteiger partial charge is 0.309 e. The number of carbonyl (C=O) groups excluding carboxylic acids is 3. The van der Waals surface area contributed by atoms with Gasteiger partial charge in [-0.25, -0.2) is 8.78 Å². The summed E-state index contributed by atoms with van der Waals surface area (Å²) in [6.45, 7) is 5.53. The van der Waals surface area contributed by atoms with E-state index in [-0.39, 0.29) is 62.5 Å². The van der Waals surface area contributed by atoms with Crippen LogP contribution < -0.4 is 15.5 Å². The molecule has 2 saturated heterocycles. The van der Waals surface area contributed by atoms with Gasteiger partial charge >= 0.3 is 5.97 Å². The van der Waals surface area contributed by atoms with E-state index in [2.05, 4.69) is 10.6 Å². The van der Waals surface area contributed by atoms with Gasteiger partial charge in [-0.05, 0) is 52.2 Å². The Balaban J connectivity index is 1.63. The molecule has 1 aromatic rings. The van der Waals surface area contributed by atoms with E-state index in [1.807, 2.05) is 0 Å². The number of hydrogen-bond acceptors (Lipinski definition) is 7. The van der Waals surface area contributed by atoms with Crippen molar-refractivity contribution in [2.45, 2.75) is 70.1 Å². The number of esters is 1. The van der Waals surface area contributed by atoms with Crippen LogP contribution in [0.4, 0.5) is 20.2 Å². The predicted octanol–water partition coefficient (Wildman–Crippen LogP) is 2.24. The summed E-state index contributed by atoms with van der Waals surface area (Å²) in [6.07, 6.45) is 0.505. The number of imide groups is 1. The zero-order valence-electron chi connectivity index (χ0n) is 18.5. The summed E-state index contributed by atoms with van der Waals surface area (Å²) in [5, 5.41) is 15.7. The third-order valence-electron chi connectivity index (χ3n) is 5.50.